The predicted molar refractivity (Wildman–Crippen MR) is 102 cm³/mol. The van der Waals surface area contributed by atoms with E-state index in [1.807, 2.05) is 19.9 Å². The second-order valence-electron chi connectivity index (χ2n) is 6.06. The van der Waals surface area contributed by atoms with E-state index in [4.69, 9.17) is 8.83 Å². The highest BCUT2D eigenvalue weighted by Crippen LogP contribution is 2.22. The number of hydrogen-bond acceptors (Lipinski definition) is 6. The molecule has 0 amide bonds. The Kier molecular flexibility index (Phi) is 5.79. The van der Waals surface area contributed by atoms with E-state index in [9.17, 15) is 13.2 Å². The first-order valence-corrected chi connectivity index (χ1v) is 10.2. The normalized spacial score (nSPS) is 13.3. The summed E-state index contributed by atoms with van der Waals surface area (Å²) in [5.41, 5.74) is -0.130. The van der Waals surface area contributed by atoms with Gasteiger partial charge in [0.25, 0.3) is 0 Å². The molecule has 1 unspecified atom stereocenters. The number of hydrogen-bond donors (Lipinski definition) is 1. The van der Waals surface area contributed by atoms with Crippen LogP contribution in [0.25, 0.3) is 11.0 Å². The van der Waals surface area contributed by atoms with Crippen LogP contribution in [0.4, 0.5) is 0 Å². The SMILES string of the molecule is CCN(CC)C(CNS(=O)(=O)c1ccc2oc(=O)ccc2c1)c1ccco1. The number of sulfonamides is 1. The maximum Gasteiger partial charge on any atom is 0.336 e. The van der Waals surface area contributed by atoms with Gasteiger partial charge in [0.1, 0.15) is 11.3 Å². The van der Waals surface area contributed by atoms with Crippen LogP contribution in [-0.4, -0.2) is 33.0 Å². The van der Waals surface area contributed by atoms with Crippen molar-refractivity contribution in [1.29, 1.82) is 0 Å². The van der Waals surface area contributed by atoms with Gasteiger partial charge in [0.05, 0.1) is 17.2 Å². The minimum Gasteiger partial charge on any atom is -0.468 e. The first-order chi connectivity index (χ1) is 12.9. The highest BCUT2D eigenvalue weighted by atomic mass is 32.2. The van der Waals surface area contributed by atoms with Crippen LogP contribution in [-0.2, 0) is 10.0 Å². The van der Waals surface area contributed by atoms with Crippen molar-refractivity contribution < 1.29 is 17.3 Å². The first-order valence-electron chi connectivity index (χ1n) is 8.75. The van der Waals surface area contributed by atoms with Gasteiger partial charge in [-0.3, -0.25) is 4.90 Å². The third-order valence-corrected chi connectivity index (χ3v) is 5.91. The summed E-state index contributed by atoms with van der Waals surface area (Å²) >= 11 is 0. The Morgan fingerprint density at radius 2 is 1.89 bits per heavy atom. The monoisotopic (exact) mass is 390 g/mol. The Morgan fingerprint density at radius 3 is 2.56 bits per heavy atom. The fraction of sp³-hybridized carbons (Fsp3) is 0.316. The number of likely N-dealkylation sites (N-methyl/N-ethyl adjacent to an activating group) is 1. The van der Waals surface area contributed by atoms with Gasteiger partial charge in [0.2, 0.25) is 10.0 Å². The third kappa shape index (κ3) is 4.29. The average molecular weight is 390 g/mol. The summed E-state index contributed by atoms with van der Waals surface area (Å²) in [5.74, 6) is 0.710. The zero-order valence-corrected chi connectivity index (χ0v) is 16.0. The Labute approximate surface area is 157 Å². The van der Waals surface area contributed by atoms with Gasteiger partial charge in [0, 0.05) is 18.0 Å². The molecular weight excluding hydrogens is 368 g/mol. The number of nitrogens with one attached hydrogen (secondary N) is 1. The van der Waals surface area contributed by atoms with Crippen molar-refractivity contribution in [3.8, 4) is 0 Å². The summed E-state index contributed by atoms with van der Waals surface area (Å²) in [4.78, 5) is 13.5. The molecular formula is C19H22N2O5S. The number of benzene rings is 1. The van der Waals surface area contributed by atoms with Gasteiger partial charge >= 0.3 is 5.63 Å². The Balaban J connectivity index is 1.84. The van der Waals surface area contributed by atoms with E-state index >= 15 is 0 Å². The molecule has 144 valence electrons. The smallest absolute Gasteiger partial charge is 0.336 e. The van der Waals surface area contributed by atoms with Gasteiger partial charge in [-0.05, 0) is 49.5 Å². The molecule has 0 aliphatic heterocycles. The van der Waals surface area contributed by atoms with Crippen LogP contribution in [0.5, 0.6) is 0 Å². The fourth-order valence-corrected chi connectivity index (χ4v) is 4.12. The van der Waals surface area contributed by atoms with E-state index in [2.05, 4.69) is 9.62 Å². The maximum atomic E-state index is 12.8. The Morgan fingerprint density at radius 1 is 1.11 bits per heavy atom. The van der Waals surface area contributed by atoms with Crippen LogP contribution in [0.15, 0.2) is 67.3 Å². The summed E-state index contributed by atoms with van der Waals surface area (Å²) in [6, 6.07) is 10.6. The molecule has 1 atom stereocenters. The molecule has 3 aromatic rings. The highest BCUT2D eigenvalue weighted by molar-refractivity contribution is 7.89. The molecule has 8 heteroatoms. The number of furan rings is 1. The standard InChI is InChI=1S/C19H22N2O5S/c1-3-21(4-2)16(18-6-5-11-25-18)13-20-27(23,24)15-8-9-17-14(12-15)7-10-19(22)26-17/h5-12,16,20H,3-4,13H2,1-2H3. The molecule has 2 heterocycles. The maximum absolute atomic E-state index is 12.8. The molecule has 0 saturated carbocycles. The molecule has 0 radical (unpaired) electrons. The van der Waals surface area contributed by atoms with E-state index in [0.29, 0.717) is 16.7 Å². The summed E-state index contributed by atoms with van der Waals surface area (Å²) in [5, 5.41) is 0.545. The highest BCUT2D eigenvalue weighted by Gasteiger charge is 2.24. The first kappa shape index (κ1) is 19.3. The van der Waals surface area contributed by atoms with Crippen LogP contribution >= 0.6 is 0 Å². The lowest BCUT2D eigenvalue weighted by Gasteiger charge is -2.28. The molecule has 1 aromatic carbocycles. The van der Waals surface area contributed by atoms with E-state index in [-0.39, 0.29) is 17.5 Å². The Bertz CT molecular complexity index is 1050. The van der Waals surface area contributed by atoms with E-state index in [0.717, 1.165) is 13.1 Å². The van der Waals surface area contributed by atoms with Gasteiger partial charge in [-0.25, -0.2) is 17.9 Å². The molecule has 27 heavy (non-hydrogen) atoms. The van der Waals surface area contributed by atoms with Crippen LogP contribution < -0.4 is 10.3 Å². The lowest BCUT2D eigenvalue weighted by Crippen LogP contribution is -2.37. The summed E-state index contributed by atoms with van der Waals surface area (Å²) in [6.45, 7) is 5.74. The lowest BCUT2D eigenvalue weighted by molar-refractivity contribution is 0.194. The van der Waals surface area contributed by atoms with Crippen molar-refractivity contribution in [1.82, 2.24) is 9.62 Å². The third-order valence-electron chi connectivity index (χ3n) is 4.49. The molecule has 0 aliphatic carbocycles. The van der Waals surface area contributed by atoms with Crippen LogP contribution in [0.2, 0.25) is 0 Å². The van der Waals surface area contributed by atoms with E-state index < -0.39 is 15.6 Å². The van der Waals surface area contributed by atoms with Crippen molar-refractivity contribution in [2.45, 2.75) is 24.8 Å². The molecule has 0 aliphatic rings. The van der Waals surface area contributed by atoms with E-state index in [1.165, 1.54) is 24.3 Å². The van der Waals surface area contributed by atoms with Crippen LogP contribution in [0, 0.1) is 0 Å². The zero-order valence-electron chi connectivity index (χ0n) is 15.2. The lowest BCUT2D eigenvalue weighted by atomic mass is 10.2. The van der Waals surface area contributed by atoms with Crippen molar-refractivity contribution in [3.05, 3.63) is 64.9 Å². The average Bonchev–Trinajstić information content (AvgIpc) is 3.19. The van der Waals surface area contributed by atoms with Crippen molar-refractivity contribution in [2.24, 2.45) is 0 Å². The van der Waals surface area contributed by atoms with Gasteiger partial charge in [-0.15, -0.1) is 0 Å². The summed E-state index contributed by atoms with van der Waals surface area (Å²) in [6.07, 6.45) is 1.58. The Hall–Kier alpha value is -2.42. The topological polar surface area (TPSA) is 92.8 Å². The largest absolute Gasteiger partial charge is 0.468 e. The van der Waals surface area contributed by atoms with Crippen molar-refractivity contribution >= 4 is 21.0 Å². The van der Waals surface area contributed by atoms with Crippen LogP contribution in [0.1, 0.15) is 25.6 Å². The molecule has 0 saturated heterocycles. The summed E-state index contributed by atoms with van der Waals surface area (Å²) < 4.78 is 38.7. The molecule has 1 N–H and O–H groups in total. The second kappa shape index (κ2) is 8.08. The van der Waals surface area contributed by atoms with Gasteiger partial charge in [0.15, 0.2) is 0 Å². The molecule has 0 spiro atoms. The number of nitrogens with zero attached hydrogens (tertiary/aromatic N) is 1. The molecule has 3 rings (SSSR count). The van der Waals surface area contributed by atoms with Gasteiger partial charge in [-0.2, -0.15) is 0 Å². The molecule has 2 aromatic heterocycles. The number of fused-ring (bicyclic) bond motifs is 1. The van der Waals surface area contributed by atoms with Crippen LogP contribution in [0.3, 0.4) is 0 Å². The number of rotatable bonds is 8. The minimum atomic E-state index is -3.74. The van der Waals surface area contributed by atoms with E-state index in [1.54, 1.807) is 18.4 Å². The quantitative estimate of drug-likeness (QED) is 0.595. The molecule has 7 nitrogen and oxygen atoms in total. The minimum absolute atomic E-state index is 0.113. The predicted octanol–water partition coefficient (Wildman–Crippen LogP) is 2.75. The van der Waals surface area contributed by atoms with Crippen molar-refractivity contribution in [3.63, 3.8) is 0 Å². The molecule has 0 fully saturated rings. The second-order valence-corrected chi connectivity index (χ2v) is 7.83. The van der Waals surface area contributed by atoms with Crippen molar-refractivity contribution in [2.75, 3.05) is 19.6 Å². The van der Waals surface area contributed by atoms with Gasteiger partial charge in [-0.1, -0.05) is 13.8 Å². The van der Waals surface area contributed by atoms with Gasteiger partial charge < -0.3 is 8.83 Å². The fourth-order valence-electron chi connectivity index (χ4n) is 3.04. The zero-order chi connectivity index (χ0) is 19.4. The molecule has 0 bridgehead atoms. The summed E-state index contributed by atoms with van der Waals surface area (Å²) in [7, 11) is -3.74.